The van der Waals surface area contributed by atoms with Gasteiger partial charge in [0.05, 0.1) is 13.1 Å². The molecule has 1 aromatic carbocycles. The predicted octanol–water partition coefficient (Wildman–Crippen LogP) is 1.56. The number of nitrogens with zero attached hydrogens (tertiary/aromatic N) is 4. The van der Waals surface area contributed by atoms with E-state index in [9.17, 15) is 4.79 Å². The molecule has 0 spiro atoms. The lowest BCUT2D eigenvalue weighted by Crippen LogP contribution is -3.11. The number of amides is 1. The van der Waals surface area contributed by atoms with Gasteiger partial charge in [-0.05, 0) is 50.7 Å². The monoisotopic (exact) mass is 407 g/mol. The summed E-state index contributed by atoms with van der Waals surface area (Å²) in [4.78, 5) is 22.9. The Hall–Kier alpha value is -2.80. The summed E-state index contributed by atoms with van der Waals surface area (Å²) >= 11 is 0. The van der Waals surface area contributed by atoms with Crippen molar-refractivity contribution in [2.75, 3.05) is 13.1 Å². The quantitative estimate of drug-likeness (QED) is 0.623. The molecule has 1 aliphatic heterocycles. The molecule has 3 heterocycles. The molecule has 0 bridgehead atoms. The van der Waals surface area contributed by atoms with Crippen LogP contribution in [0.25, 0.3) is 5.78 Å². The zero-order valence-electron chi connectivity index (χ0n) is 17.9. The highest BCUT2D eigenvalue weighted by molar-refractivity contribution is 5.76. The van der Waals surface area contributed by atoms with Crippen molar-refractivity contribution in [1.29, 1.82) is 0 Å². The van der Waals surface area contributed by atoms with Gasteiger partial charge in [-0.3, -0.25) is 4.79 Å². The Morgan fingerprint density at radius 1 is 1.13 bits per heavy atom. The molecule has 0 atom stereocenters. The third-order valence-electron chi connectivity index (χ3n) is 6.19. The molecule has 0 radical (unpaired) electrons. The Labute approximate surface area is 177 Å². The van der Waals surface area contributed by atoms with Crippen LogP contribution in [0.5, 0.6) is 0 Å². The third kappa shape index (κ3) is 4.67. The molecule has 30 heavy (non-hydrogen) atoms. The van der Waals surface area contributed by atoms with Crippen LogP contribution < -0.4 is 10.2 Å². The van der Waals surface area contributed by atoms with Crippen molar-refractivity contribution in [3.05, 3.63) is 58.7 Å². The van der Waals surface area contributed by atoms with Crippen LogP contribution in [0.2, 0.25) is 0 Å². The summed E-state index contributed by atoms with van der Waals surface area (Å²) in [6, 6.07) is 8.50. The number of rotatable bonds is 7. The fourth-order valence-electron chi connectivity index (χ4n) is 4.44. The van der Waals surface area contributed by atoms with Crippen LogP contribution in [0.15, 0.2) is 30.6 Å². The Balaban J connectivity index is 1.34. The Kier molecular flexibility index (Phi) is 6.38. The van der Waals surface area contributed by atoms with Gasteiger partial charge in [-0.15, -0.1) is 0 Å². The van der Waals surface area contributed by atoms with Crippen LogP contribution in [-0.2, 0) is 24.3 Å². The highest BCUT2D eigenvalue weighted by Gasteiger charge is 2.16. The van der Waals surface area contributed by atoms with Gasteiger partial charge >= 0.3 is 0 Å². The van der Waals surface area contributed by atoms with Crippen LogP contribution in [0.1, 0.15) is 53.8 Å². The van der Waals surface area contributed by atoms with Crippen molar-refractivity contribution in [3.63, 3.8) is 0 Å². The van der Waals surface area contributed by atoms with Gasteiger partial charge in [0, 0.05) is 29.9 Å². The zero-order valence-corrected chi connectivity index (χ0v) is 17.9. The number of aryl methyl sites for hydroxylation is 2. The second kappa shape index (κ2) is 9.34. The number of fused-ring (bicyclic) bond motifs is 1. The van der Waals surface area contributed by atoms with Crippen molar-refractivity contribution >= 4 is 11.7 Å². The lowest BCUT2D eigenvalue weighted by Gasteiger charge is -2.24. The summed E-state index contributed by atoms with van der Waals surface area (Å²) in [6.07, 6.45) is 6.59. The summed E-state index contributed by atoms with van der Waals surface area (Å²) in [5.74, 6) is 0.665. The number of piperidine rings is 1. The van der Waals surface area contributed by atoms with E-state index in [2.05, 4.69) is 44.6 Å². The van der Waals surface area contributed by atoms with Crippen LogP contribution in [0, 0.1) is 13.8 Å². The van der Waals surface area contributed by atoms with E-state index in [1.807, 2.05) is 13.8 Å². The van der Waals surface area contributed by atoms with Crippen molar-refractivity contribution in [1.82, 2.24) is 24.9 Å². The molecule has 1 aliphatic rings. The van der Waals surface area contributed by atoms with E-state index >= 15 is 0 Å². The molecule has 3 aromatic rings. The number of nitrogens with one attached hydrogen (secondary N) is 2. The van der Waals surface area contributed by atoms with Crippen LogP contribution >= 0.6 is 0 Å². The van der Waals surface area contributed by atoms with Gasteiger partial charge < -0.3 is 10.2 Å². The lowest BCUT2D eigenvalue weighted by atomic mass is 10.0. The fourth-order valence-corrected chi connectivity index (χ4v) is 4.44. The van der Waals surface area contributed by atoms with E-state index in [-0.39, 0.29) is 5.91 Å². The van der Waals surface area contributed by atoms with Gasteiger partial charge in [0.1, 0.15) is 12.9 Å². The average Bonchev–Trinajstić information content (AvgIpc) is 3.22. The van der Waals surface area contributed by atoms with Gasteiger partial charge in [-0.25, -0.2) is 9.50 Å². The first kappa shape index (κ1) is 20.5. The number of likely N-dealkylation sites (tertiary alicyclic amines) is 1. The molecule has 158 valence electrons. The zero-order chi connectivity index (χ0) is 20.9. The number of carbonyl (C=O) groups excluding carboxylic acids is 1. The first-order valence-electron chi connectivity index (χ1n) is 10.9. The van der Waals surface area contributed by atoms with Crippen molar-refractivity contribution in [3.8, 4) is 0 Å². The van der Waals surface area contributed by atoms with E-state index in [4.69, 9.17) is 0 Å². The molecule has 7 nitrogen and oxygen atoms in total. The van der Waals surface area contributed by atoms with Crippen molar-refractivity contribution < 1.29 is 9.69 Å². The number of aromatic nitrogens is 4. The molecule has 1 amide bonds. The van der Waals surface area contributed by atoms with Crippen LogP contribution in [0.4, 0.5) is 0 Å². The maximum absolute atomic E-state index is 12.6. The molecular formula is C23H31N6O+. The summed E-state index contributed by atoms with van der Waals surface area (Å²) in [5.41, 5.74) is 5.55. The maximum atomic E-state index is 12.6. The van der Waals surface area contributed by atoms with Gasteiger partial charge in [-0.2, -0.15) is 10.1 Å². The topological polar surface area (TPSA) is 76.6 Å². The summed E-state index contributed by atoms with van der Waals surface area (Å²) < 4.78 is 1.74. The smallest absolute Gasteiger partial charge is 0.252 e. The van der Waals surface area contributed by atoms with Crippen LogP contribution in [0.3, 0.4) is 0 Å². The standard InChI is InChI=1S/C23H30N6O/c1-17-21(18(2)29-23(27-17)25-16-26-29)10-11-22(30)24-14-19-8-4-5-9-20(19)15-28-12-6-3-7-13-28/h4-5,8-9,16H,3,6-7,10-15H2,1-2H3,(H,24,30)/p+1. The van der Waals surface area contributed by atoms with Gasteiger partial charge in [0.25, 0.3) is 5.78 Å². The summed E-state index contributed by atoms with van der Waals surface area (Å²) in [6.45, 7) is 8.11. The number of benzene rings is 1. The molecule has 0 saturated carbocycles. The molecule has 4 rings (SSSR count). The van der Waals surface area contributed by atoms with Gasteiger partial charge in [-0.1, -0.05) is 24.3 Å². The average molecular weight is 408 g/mol. The van der Waals surface area contributed by atoms with Gasteiger partial charge in [0.2, 0.25) is 5.91 Å². The molecule has 1 saturated heterocycles. The van der Waals surface area contributed by atoms with Crippen molar-refractivity contribution in [2.45, 2.75) is 59.0 Å². The normalized spacial score (nSPS) is 14.9. The molecule has 2 N–H and O–H groups in total. The second-order valence-electron chi connectivity index (χ2n) is 8.27. The number of quaternary nitrogens is 1. The predicted molar refractivity (Wildman–Crippen MR) is 115 cm³/mol. The van der Waals surface area contributed by atoms with Crippen molar-refractivity contribution in [2.24, 2.45) is 0 Å². The largest absolute Gasteiger partial charge is 0.352 e. The SMILES string of the molecule is Cc1nc2ncnn2c(C)c1CCC(=O)NCc1ccccc1C[NH+]1CCCCC1. The summed E-state index contributed by atoms with van der Waals surface area (Å²) in [7, 11) is 0. The minimum absolute atomic E-state index is 0.0626. The number of hydrogen-bond acceptors (Lipinski definition) is 4. The van der Waals surface area contributed by atoms with E-state index in [0.29, 0.717) is 25.2 Å². The highest BCUT2D eigenvalue weighted by atomic mass is 16.1. The van der Waals surface area contributed by atoms with E-state index in [1.54, 1.807) is 9.42 Å². The molecular weight excluding hydrogens is 376 g/mol. The minimum atomic E-state index is 0.0626. The lowest BCUT2D eigenvalue weighted by molar-refractivity contribution is -0.918. The molecule has 0 unspecified atom stereocenters. The first-order valence-corrected chi connectivity index (χ1v) is 10.9. The van der Waals surface area contributed by atoms with Crippen LogP contribution in [-0.4, -0.2) is 38.6 Å². The Morgan fingerprint density at radius 3 is 2.70 bits per heavy atom. The van der Waals surface area contributed by atoms with E-state index < -0.39 is 0 Å². The Morgan fingerprint density at radius 2 is 1.90 bits per heavy atom. The second-order valence-corrected chi connectivity index (χ2v) is 8.27. The van der Waals surface area contributed by atoms with E-state index in [0.717, 1.165) is 23.5 Å². The number of hydrogen-bond donors (Lipinski definition) is 2. The Bertz CT molecular complexity index is 1020. The molecule has 1 fully saturated rings. The van der Waals surface area contributed by atoms with Gasteiger partial charge in [0.15, 0.2) is 0 Å². The fraction of sp³-hybridized carbons (Fsp3) is 0.478. The molecule has 0 aliphatic carbocycles. The first-order chi connectivity index (χ1) is 14.6. The third-order valence-corrected chi connectivity index (χ3v) is 6.19. The van der Waals surface area contributed by atoms with E-state index in [1.165, 1.54) is 49.8 Å². The minimum Gasteiger partial charge on any atom is -0.352 e. The maximum Gasteiger partial charge on any atom is 0.252 e. The highest BCUT2D eigenvalue weighted by Crippen LogP contribution is 2.15. The number of carbonyl (C=O) groups is 1. The summed E-state index contributed by atoms with van der Waals surface area (Å²) in [5, 5.41) is 7.34. The molecule has 2 aromatic heterocycles. The molecule has 7 heteroatoms.